The molecule has 1 heterocycles. The summed E-state index contributed by atoms with van der Waals surface area (Å²) in [6, 6.07) is 0.410. The van der Waals surface area contributed by atoms with Crippen LogP contribution in [-0.4, -0.2) is 62.8 Å². The second kappa shape index (κ2) is 8.59. The third kappa shape index (κ3) is 5.47. The number of nitrogens with zero attached hydrogens (tertiary/aromatic N) is 2. The molecule has 0 spiro atoms. The van der Waals surface area contributed by atoms with Gasteiger partial charge in [0.2, 0.25) is 0 Å². The highest BCUT2D eigenvalue weighted by molar-refractivity contribution is 5.80. The number of hydrogen-bond acceptors (Lipinski definition) is 3. The van der Waals surface area contributed by atoms with Gasteiger partial charge in [-0.15, -0.1) is 0 Å². The van der Waals surface area contributed by atoms with Crippen LogP contribution in [0, 0.1) is 5.92 Å². The van der Waals surface area contributed by atoms with Crippen molar-refractivity contribution in [2.45, 2.75) is 52.1 Å². The minimum Gasteiger partial charge on any atom is -0.381 e. The lowest BCUT2D eigenvalue weighted by Crippen LogP contribution is -2.52. The highest BCUT2D eigenvalue weighted by Crippen LogP contribution is 2.26. The van der Waals surface area contributed by atoms with Crippen LogP contribution < -0.4 is 10.6 Å². The molecule has 1 unspecified atom stereocenters. The first kappa shape index (κ1) is 18.2. The van der Waals surface area contributed by atoms with Crippen LogP contribution in [0.4, 0.5) is 0 Å². The Morgan fingerprint density at radius 2 is 1.86 bits per heavy atom. The van der Waals surface area contributed by atoms with Crippen LogP contribution in [0.5, 0.6) is 0 Å². The fourth-order valence-corrected chi connectivity index (χ4v) is 2.43. The molecule has 0 amide bonds. The van der Waals surface area contributed by atoms with Gasteiger partial charge in [-0.2, -0.15) is 0 Å². The Labute approximate surface area is 130 Å². The number of ether oxygens (including phenoxy) is 1. The molecule has 1 saturated heterocycles. The van der Waals surface area contributed by atoms with Gasteiger partial charge in [0, 0.05) is 31.3 Å². The largest absolute Gasteiger partial charge is 0.381 e. The SMILES string of the molecule is CCNC(=NCC1(N(C)C)CCOCC1)NC(C)C(C)C. The average Bonchev–Trinajstić information content (AvgIpc) is 2.45. The molecule has 0 bridgehead atoms. The van der Waals surface area contributed by atoms with Gasteiger partial charge in [-0.3, -0.25) is 4.99 Å². The Morgan fingerprint density at radius 1 is 1.24 bits per heavy atom. The quantitative estimate of drug-likeness (QED) is 0.579. The second-order valence-electron chi connectivity index (χ2n) is 6.60. The third-order valence-corrected chi connectivity index (χ3v) is 4.61. The van der Waals surface area contributed by atoms with Crippen molar-refractivity contribution in [1.82, 2.24) is 15.5 Å². The summed E-state index contributed by atoms with van der Waals surface area (Å²) in [4.78, 5) is 7.16. The lowest BCUT2D eigenvalue weighted by Gasteiger charge is -2.41. The van der Waals surface area contributed by atoms with E-state index in [-0.39, 0.29) is 5.54 Å². The van der Waals surface area contributed by atoms with Crippen molar-refractivity contribution >= 4 is 5.96 Å². The monoisotopic (exact) mass is 298 g/mol. The maximum atomic E-state index is 5.52. The molecule has 0 saturated carbocycles. The van der Waals surface area contributed by atoms with E-state index in [1.807, 2.05) is 0 Å². The van der Waals surface area contributed by atoms with E-state index in [0.29, 0.717) is 12.0 Å². The Morgan fingerprint density at radius 3 is 2.33 bits per heavy atom. The highest BCUT2D eigenvalue weighted by atomic mass is 16.5. The minimum absolute atomic E-state index is 0.127. The number of nitrogens with one attached hydrogen (secondary N) is 2. The summed E-state index contributed by atoms with van der Waals surface area (Å²) >= 11 is 0. The lowest BCUT2D eigenvalue weighted by molar-refractivity contribution is -0.00255. The van der Waals surface area contributed by atoms with Crippen LogP contribution in [0.2, 0.25) is 0 Å². The first-order valence-corrected chi connectivity index (χ1v) is 8.21. The summed E-state index contributed by atoms with van der Waals surface area (Å²) in [7, 11) is 4.30. The van der Waals surface area contributed by atoms with Crippen molar-refractivity contribution in [3.05, 3.63) is 0 Å². The molecule has 0 radical (unpaired) electrons. The van der Waals surface area contributed by atoms with E-state index in [1.165, 1.54) is 0 Å². The van der Waals surface area contributed by atoms with Crippen LogP contribution in [0.3, 0.4) is 0 Å². The van der Waals surface area contributed by atoms with Crippen LogP contribution in [0.15, 0.2) is 4.99 Å². The van der Waals surface area contributed by atoms with E-state index in [9.17, 15) is 0 Å². The summed E-state index contributed by atoms with van der Waals surface area (Å²) in [5.74, 6) is 1.51. The van der Waals surface area contributed by atoms with Gasteiger partial charge in [0.1, 0.15) is 0 Å². The normalized spacial score (nSPS) is 20.7. The number of rotatable bonds is 6. The predicted molar refractivity (Wildman–Crippen MR) is 89.9 cm³/mol. The van der Waals surface area contributed by atoms with Gasteiger partial charge in [-0.25, -0.2) is 0 Å². The Hall–Kier alpha value is -0.810. The molecule has 0 aliphatic carbocycles. The molecule has 21 heavy (non-hydrogen) atoms. The van der Waals surface area contributed by atoms with E-state index in [4.69, 9.17) is 9.73 Å². The molecule has 124 valence electrons. The summed E-state index contributed by atoms with van der Waals surface area (Å²) in [6.07, 6.45) is 2.09. The molecular formula is C16H34N4O. The molecule has 5 nitrogen and oxygen atoms in total. The van der Waals surface area contributed by atoms with Gasteiger partial charge in [-0.1, -0.05) is 13.8 Å². The smallest absolute Gasteiger partial charge is 0.191 e. The van der Waals surface area contributed by atoms with Crippen molar-refractivity contribution < 1.29 is 4.74 Å². The lowest BCUT2D eigenvalue weighted by atomic mass is 9.89. The molecule has 1 aliphatic heterocycles. The molecule has 0 aromatic rings. The van der Waals surface area contributed by atoms with Gasteiger partial charge in [-0.05, 0) is 46.7 Å². The zero-order valence-electron chi connectivity index (χ0n) is 14.7. The molecule has 0 aromatic carbocycles. The topological polar surface area (TPSA) is 48.9 Å². The fourth-order valence-electron chi connectivity index (χ4n) is 2.43. The molecule has 5 heteroatoms. The number of hydrogen-bond donors (Lipinski definition) is 2. The predicted octanol–water partition coefficient (Wildman–Crippen LogP) is 1.70. The maximum absolute atomic E-state index is 5.52. The first-order chi connectivity index (χ1) is 9.91. The third-order valence-electron chi connectivity index (χ3n) is 4.61. The fraction of sp³-hybridized carbons (Fsp3) is 0.938. The van der Waals surface area contributed by atoms with Crippen LogP contribution in [0.1, 0.15) is 40.5 Å². The zero-order valence-corrected chi connectivity index (χ0v) is 14.7. The molecular weight excluding hydrogens is 264 g/mol. The van der Waals surface area contributed by atoms with E-state index in [1.54, 1.807) is 0 Å². The van der Waals surface area contributed by atoms with Crippen LogP contribution in [0.25, 0.3) is 0 Å². The summed E-state index contributed by atoms with van der Waals surface area (Å²) in [5, 5.41) is 6.86. The van der Waals surface area contributed by atoms with Gasteiger partial charge in [0.15, 0.2) is 5.96 Å². The first-order valence-electron chi connectivity index (χ1n) is 8.21. The molecule has 1 fully saturated rings. The van der Waals surface area contributed by atoms with Gasteiger partial charge >= 0.3 is 0 Å². The Bertz CT molecular complexity index is 322. The van der Waals surface area contributed by atoms with Crippen molar-refractivity contribution in [2.24, 2.45) is 10.9 Å². The standard InChI is InChI=1S/C16H34N4O/c1-7-17-15(19-14(4)13(2)3)18-12-16(20(5)6)8-10-21-11-9-16/h13-14H,7-12H2,1-6H3,(H2,17,18,19). The van der Waals surface area contributed by atoms with Gasteiger partial charge < -0.3 is 20.3 Å². The summed E-state index contributed by atoms with van der Waals surface area (Å²) < 4.78 is 5.52. The molecule has 1 aliphatic rings. The number of guanidine groups is 1. The van der Waals surface area contributed by atoms with E-state index < -0.39 is 0 Å². The average molecular weight is 298 g/mol. The zero-order chi connectivity index (χ0) is 15.9. The highest BCUT2D eigenvalue weighted by Gasteiger charge is 2.34. The second-order valence-corrected chi connectivity index (χ2v) is 6.60. The number of likely N-dealkylation sites (N-methyl/N-ethyl adjacent to an activating group) is 1. The summed E-state index contributed by atoms with van der Waals surface area (Å²) in [5.41, 5.74) is 0.127. The Balaban J connectivity index is 2.74. The van der Waals surface area contributed by atoms with Crippen molar-refractivity contribution in [3.8, 4) is 0 Å². The molecule has 2 N–H and O–H groups in total. The molecule has 1 rings (SSSR count). The van der Waals surface area contributed by atoms with Crippen LogP contribution >= 0.6 is 0 Å². The van der Waals surface area contributed by atoms with E-state index >= 15 is 0 Å². The van der Waals surface area contributed by atoms with E-state index in [0.717, 1.165) is 45.1 Å². The van der Waals surface area contributed by atoms with Crippen molar-refractivity contribution in [2.75, 3.05) is 40.4 Å². The van der Waals surface area contributed by atoms with Gasteiger partial charge in [0.25, 0.3) is 0 Å². The molecule has 1 atom stereocenters. The molecule has 0 aromatic heterocycles. The van der Waals surface area contributed by atoms with Crippen LogP contribution in [-0.2, 0) is 4.74 Å². The van der Waals surface area contributed by atoms with Crippen molar-refractivity contribution in [3.63, 3.8) is 0 Å². The minimum atomic E-state index is 0.127. The van der Waals surface area contributed by atoms with E-state index in [2.05, 4.69) is 57.3 Å². The summed E-state index contributed by atoms with van der Waals surface area (Å²) in [6.45, 7) is 12.1. The maximum Gasteiger partial charge on any atom is 0.191 e. The number of aliphatic imine (C=N–C) groups is 1. The Kier molecular flexibility index (Phi) is 7.46. The van der Waals surface area contributed by atoms with Crippen molar-refractivity contribution in [1.29, 1.82) is 0 Å². The van der Waals surface area contributed by atoms with Gasteiger partial charge in [0.05, 0.1) is 6.54 Å².